The maximum atomic E-state index is 12.5. The molecule has 2 aliphatic rings. The normalized spacial score (nSPS) is 28.6. The van der Waals surface area contributed by atoms with Gasteiger partial charge >= 0.3 is 6.03 Å². The number of Topliss-reactive ketones (excluding diaryl/α,β-unsaturated/α-hetero) is 1. The van der Waals surface area contributed by atoms with Gasteiger partial charge in [-0.05, 0) is 19.1 Å². The number of urea groups is 1. The molecule has 116 valence electrons. The van der Waals surface area contributed by atoms with Crippen molar-refractivity contribution in [2.75, 3.05) is 4.90 Å². The van der Waals surface area contributed by atoms with Crippen LogP contribution in [0.1, 0.15) is 21.5 Å². The third kappa shape index (κ3) is 1.49. The van der Waals surface area contributed by atoms with Crippen molar-refractivity contribution in [1.29, 1.82) is 0 Å². The number of nitrogens with one attached hydrogen (secondary N) is 1. The minimum absolute atomic E-state index is 0.189. The summed E-state index contributed by atoms with van der Waals surface area (Å²) >= 11 is 0. The van der Waals surface area contributed by atoms with E-state index >= 15 is 0 Å². The van der Waals surface area contributed by atoms with Crippen molar-refractivity contribution in [3.8, 4) is 0 Å². The van der Waals surface area contributed by atoms with Gasteiger partial charge in [-0.15, -0.1) is 0 Å². The molecule has 2 unspecified atom stereocenters. The summed E-state index contributed by atoms with van der Waals surface area (Å²) in [5.41, 5.74) is -2.83. The molecule has 2 atom stereocenters. The van der Waals surface area contributed by atoms with Crippen LogP contribution in [-0.4, -0.2) is 27.8 Å². The van der Waals surface area contributed by atoms with Crippen LogP contribution in [-0.2, 0) is 5.72 Å². The summed E-state index contributed by atoms with van der Waals surface area (Å²) in [6.45, 7) is 1.90. The standard InChI is InChI=1S/C17H14N2O4/c1-10-6-8-11(9-7-10)19-15(21)18-16(22)14(20)12-4-2-3-5-13(12)17(16,19)23/h2-9,22-23H,1H3,(H,18,21). The lowest BCUT2D eigenvalue weighted by Gasteiger charge is -2.35. The Kier molecular flexibility index (Phi) is 2.53. The zero-order valence-corrected chi connectivity index (χ0v) is 12.3. The molecule has 3 N–H and O–H groups in total. The topological polar surface area (TPSA) is 89.9 Å². The van der Waals surface area contributed by atoms with Gasteiger partial charge in [-0.25, -0.2) is 4.79 Å². The van der Waals surface area contributed by atoms with Crippen LogP contribution in [0.2, 0.25) is 0 Å². The Morgan fingerprint density at radius 3 is 2.35 bits per heavy atom. The van der Waals surface area contributed by atoms with Crippen LogP contribution < -0.4 is 10.2 Å². The number of anilines is 1. The molecule has 2 aromatic rings. The van der Waals surface area contributed by atoms with Gasteiger partial charge in [0.25, 0.3) is 5.72 Å². The summed E-state index contributed by atoms with van der Waals surface area (Å²) in [7, 11) is 0. The summed E-state index contributed by atoms with van der Waals surface area (Å²) < 4.78 is 0. The fraction of sp³-hybridized carbons (Fsp3) is 0.176. The number of aryl methyl sites for hydroxylation is 1. The van der Waals surface area contributed by atoms with Crippen LogP contribution in [0.3, 0.4) is 0 Å². The van der Waals surface area contributed by atoms with Crippen LogP contribution in [0, 0.1) is 6.92 Å². The summed E-state index contributed by atoms with van der Waals surface area (Å²) in [6.07, 6.45) is 0. The van der Waals surface area contributed by atoms with E-state index in [1.807, 2.05) is 6.92 Å². The number of nitrogens with zero attached hydrogens (tertiary/aromatic N) is 1. The van der Waals surface area contributed by atoms with E-state index in [0.29, 0.717) is 5.69 Å². The van der Waals surface area contributed by atoms with Gasteiger partial charge in [0.15, 0.2) is 0 Å². The molecule has 0 aromatic heterocycles. The molecular weight excluding hydrogens is 296 g/mol. The van der Waals surface area contributed by atoms with Gasteiger partial charge in [-0.1, -0.05) is 42.0 Å². The number of carbonyl (C=O) groups is 2. The third-order valence-corrected chi connectivity index (χ3v) is 4.49. The van der Waals surface area contributed by atoms with Crippen molar-refractivity contribution in [2.45, 2.75) is 18.4 Å². The van der Waals surface area contributed by atoms with E-state index in [-0.39, 0.29) is 11.1 Å². The van der Waals surface area contributed by atoms with E-state index < -0.39 is 23.3 Å². The maximum absolute atomic E-state index is 12.5. The molecule has 2 amide bonds. The Labute approximate surface area is 132 Å². The number of hydrogen-bond donors (Lipinski definition) is 3. The summed E-state index contributed by atoms with van der Waals surface area (Å²) in [6, 6.07) is 12.5. The molecule has 0 saturated carbocycles. The molecule has 23 heavy (non-hydrogen) atoms. The monoisotopic (exact) mass is 310 g/mol. The first-order valence-corrected chi connectivity index (χ1v) is 7.17. The molecule has 0 bridgehead atoms. The van der Waals surface area contributed by atoms with E-state index in [0.717, 1.165) is 10.5 Å². The van der Waals surface area contributed by atoms with Crippen molar-refractivity contribution >= 4 is 17.5 Å². The molecule has 4 rings (SSSR count). The number of carbonyl (C=O) groups excluding carboxylic acids is 2. The number of hydrogen-bond acceptors (Lipinski definition) is 4. The Hall–Kier alpha value is -2.70. The molecule has 1 heterocycles. The van der Waals surface area contributed by atoms with Crippen molar-refractivity contribution < 1.29 is 19.8 Å². The van der Waals surface area contributed by atoms with Crippen molar-refractivity contribution in [3.63, 3.8) is 0 Å². The first kappa shape index (κ1) is 13.9. The highest BCUT2D eigenvalue weighted by Crippen LogP contribution is 2.50. The Balaban J connectivity index is 1.98. The number of benzene rings is 2. The highest BCUT2D eigenvalue weighted by Gasteiger charge is 2.72. The highest BCUT2D eigenvalue weighted by atomic mass is 16.4. The quantitative estimate of drug-likeness (QED) is 0.739. The summed E-state index contributed by atoms with van der Waals surface area (Å²) in [5.74, 6) is -0.724. The van der Waals surface area contributed by atoms with Crippen molar-refractivity contribution in [3.05, 3.63) is 65.2 Å². The molecule has 1 fully saturated rings. The predicted molar refractivity (Wildman–Crippen MR) is 81.8 cm³/mol. The predicted octanol–water partition coefficient (Wildman–Crippen LogP) is 1.25. The molecule has 1 saturated heterocycles. The Morgan fingerprint density at radius 1 is 1.00 bits per heavy atom. The van der Waals surface area contributed by atoms with Gasteiger partial charge in [0.1, 0.15) is 0 Å². The first-order chi connectivity index (χ1) is 10.9. The van der Waals surface area contributed by atoms with Gasteiger partial charge in [0.05, 0.1) is 0 Å². The minimum Gasteiger partial charge on any atom is -0.362 e. The maximum Gasteiger partial charge on any atom is 0.327 e. The number of rotatable bonds is 1. The van der Waals surface area contributed by atoms with Crippen LogP contribution >= 0.6 is 0 Å². The molecule has 6 heteroatoms. The average Bonchev–Trinajstić information content (AvgIpc) is 2.84. The van der Waals surface area contributed by atoms with Gasteiger partial charge < -0.3 is 10.2 Å². The lowest BCUT2D eigenvalue weighted by molar-refractivity contribution is -0.109. The molecule has 0 radical (unpaired) electrons. The zero-order valence-electron chi connectivity index (χ0n) is 12.3. The second-order valence-corrected chi connectivity index (χ2v) is 5.86. The zero-order chi connectivity index (χ0) is 16.4. The van der Waals surface area contributed by atoms with Crippen LogP contribution in [0.4, 0.5) is 10.5 Å². The number of fused-ring (bicyclic) bond motifs is 3. The van der Waals surface area contributed by atoms with E-state index in [1.165, 1.54) is 12.1 Å². The molecule has 0 spiro atoms. The lowest BCUT2D eigenvalue weighted by atomic mass is 9.98. The van der Waals surface area contributed by atoms with Gasteiger partial charge in [0, 0.05) is 16.8 Å². The van der Waals surface area contributed by atoms with Gasteiger partial charge in [0.2, 0.25) is 11.5 Å². The Morgan fingerprint density at radius 2 is 1.65 bits per heavy atom. The lowest BCUT2D eigenvalue weighted by Crippen LogP contribution is -2.59. The molecule has 1 aliphatic heterocycles. The van der Waals surface area contributed by atoms with Crippen LogP contribution in [0.5, 0.6) is 0 Å². The number of amides is 2. The van der Waals surface area contributed by atoms with Gasteiger partial charge in [-0.2, -0.15) is 0 Å². The largest absolute Gasteiger partial charge is 0.362 e. The van der Waals surface area contributed by atoms with Crippen molar-refractivity contribution in [2.24, 2.45) is 0 Å². The van der Waals surface area contributed by atoms with E-state index in [4.69, 9.17) is 0 Å². The fourth-order valence-electron chi connectivity index (χ4n) is 3.31. The fourth-order valence-corrected chi connectivity index (χ4v) is 3.31. The van der Waals surface area contributed by atoms with E-state index in [2.05, 4.69) is 5.32 Å². The highest BCUT2D eigenvalue weighted by molar-refractivity contribution is 6.15. The molecule has 2 aromatic carbocycles. The first-order valence-electron chi connectivity index (χ1n) is 7.17. The summed E-state index contributed by atoms with van der Waals surface area (Å²) in [5, 5.41) is 24.2. The number of ketones is 1. The molecule has 1 aliphatic carbocycles. The average molecular weight is 310 g/mol. The van der Waals surface area contributed by atoms with E-state index in [1.54, 1.807) is 36.4 Å². The molecular formula is C17H14N2O4. The second kappa shape index (κ2) is 4.18. The van der Waals surface area contributed by atoms with E-state index in [9.17, 15) is 19.8 Å². The number of aliphatic hydroxyl groups is 2. The van der Waals surface area contributed by atoms with Crippen LogP contribution in [0.25, 0.3) is 0 Å². The van der Waals surface area contributed by atoms with Gasteiger partial charge in [-0.3, -0.25) is 15.0 Å². The SMILES string of the molecule is Cc1ccc(N2C(=O)NC3(O)C(=O)c4ccccc4C23O)cc1. The molecule has 6 nitrogen and oxygen atoms in total. The summed E-state index contributed by atoms with van der Waals surface area (Å²) in [4.78, 5) is 25.9. The van der Waals surface area contributed by atoms with Crippen molar-refractivity contribution in [1.82, 2.24) is 5.32 Å². The minimum atomic E-state index is -2.40. The second-order valence-electron chi connectivity index (χ2n) is 5.86. The smallest absolute Gasteiger partial charge is 0.327 e. The Bertz CT molecular complexity index is 848. The van der Waals surface area contributed by atoms with Crippen LogP contribution in [0.15, 0.2) is 48.5 Å². The third-order valence-electron chi connectivity index (χ3n) is 4.49.